The van der Waals surface area contributed by atoms with E-state index >= 15 is 0 Å². The van der Waals surface area contributed by atoms with Gasteiger partial charge in [0.15, 0.2) is 0 Å². The summed E-state index contributed by atoms with van der Waals surface area (Å²) >= 11 is 0. The fourth-order valence-electron chi connectivity index (χ4n) is 2.52. The maximum absolute atomic E-state index is 13.4. The highest BCUT2D eigenvalue weighted by Crippen LogP contribution is 2.12. The second-order valence-electron chi connectivity index (χ2n) is 5.66. The van der Waals surface area contributed by atoms with E-state index in [9.17, 15) is 9.50 Å². The number of rotatable bonds is 9. The predicted octanol–water partition coefficient (Wildman–Crippen LogP) is 2.84. The van der Waals surface area contributed by atoms with Gasteiger partial charge in [0.1, 0.15) is 12.4 Å². The summed E-state index contributed by atoms with van der Waals surface area (Å²) in [5.74, 6) is 2.11. The van der Waals surface area contributed by atoms with E-state index < -0.39 is 6.10 Å². The molecule has 0 spiro atoms. The molecule has 0 amide bonds. The second-order valence-corrected chi connectivity index (χ2v) is 5.66. The van der Waals surface area contributed by atoms with Gasteiger partial charge in [0, 0.05) is 19.6 Å². The summed E-state index contributed by atoms with van der Waals surface area (Å²) in [6.07, 6.45) is 4.48. The zero-order valence-corrected chi connectivity index (χ0v) is 13.6. The van der Waals surface area contributed by atoms with Gasteiger partial charge in [-0.15, -0.1) is 6.42 Å². The Labute approximate surface area is 142 Å². The summed E-state index contributed by atoms with van der Waals surface area (Å²) < 4.78 is 18.6. The van der Waals surface area contributed by atoms with Crippen LogP contribution in [0.5, 0.6) is 0 Å². The molecule has 3 nitrogen and oxygen atoms in total. The average molecular weight is 327 g/mol. The molecule has 2 rings (SSSR count). The zero-order chi connectivity index (χ0) is 17.2. The van der Waals surface area contributed by atoms with Crippen LogP contribution in [0.15, 0.2) is 54.6 Å². The number of ether oxygens (including phenoxy) is 1. The molecule has 4 heteroatoms. The SMILES string of the molecule is C#CCOCC(O)CN(Cc1ccccc1)Cc1cccc(F)c1. The van der Waals surface area contributed by atoms with Crippen LogP contribution in [0.4, 0.5) is 4.39 Å². The van der Waals surface area contributed by atoms with E-state index in [-0.39, 0.29) is 19.0 Å². The molecule has 0 saturated carbocycles. The van der Waals surface area contributed by atoms with Crippen LogP contribution in [0.25, 0.3) is 0 Å². The quantitative estimate of drug-likeness (QED) is 0.568. The molecule has 0 fully saturated rings. The van der Waals surface area contributed by atoms with Gasteiger partial charge in [-0.25, -0.2) is 4.39 Å². The third-order valence-electron chi connectivity index (χ3n) is 3.51. The highest BCUT2D eigenvalue weighted by atomic mass is 19.1. The van der Waals surface area contributed by atoms with Crippen molar-refractivity contribution in [3.63, 3.8) is 0 Å². The van der Waals surface area contributed by atoms with Crippen LogP contribution in [-0.2, 0) is 17.8 Å². The first-order valence-electron chi connectivity index (χ1n) is 7.87. The van der Waals surface area contributed by atoms with E-state index in [1.165, 1.54) is 12.1 Å². The van der Waals surface area contributed by atoms with E-state index in [0.29, 0.717) is 19.6 Å². The number of hydrogen-bond acceptors (Lipinski definition) is 3. The minimum atomic E-state index is -0.657. The molecule has 24 heavy (non-hydrogen) atoms. The monoisotopic (exact) mass is 327 g/mol. The molecule has 0 aromatic heterocycles. The molecule has 0 aliphatic rings. The van der Waals surface area contributed by atoms with Crippen LogP contribution >= 0.6 is 0 Å². The van der Waals surface area contributed by atoms with Gasteiger partial charge in [0.25, 0.3) is 0 Å². The second kappa shape index (κ2) is 9.84. The number of aliphatic hydroxyl groups excluding tert-OH is 1. The predicted molar refractivity (Wildman–Crippen MR) is 92.6 cm³/mol. The molecule has 1 atom stereocenters. The third kappa shape index (κ3) is 6.51. The molecule has 0 aliphatic carbocycles. The molecule has 0 radical (unpaired) electrons. The maximum atomic E-state index is 13.4. The number of aliphatic hydroxyl groups is 1. The number of hydrogen-bond donors (Lipinski definition) is 1. The smallest absolute Gasteiger partial charge is 0.123 e. The van der Waals surface area contributed by atoms with Gasteiger partial charge >= 0.3 is 0 Å². The molecule has 126 valence electrons. The molecule has 2 aromatic carbocycles. The molecule has 0 heterocycles. The van der Waals surface area contributed by atoms with Crippen molar-refractivity contribution in [3.8, 4) is 12.3 Å². The van der Waals surface area contributed by atoms with Crippen LogP contribution < -0.4 is 0 Å². The Kier molecular flexibility index (Phi) is 7.44. The van der Waals surface area contributed by atoms with Gasteiger partial charge in [0.05, 0.1) is 12.7 Å². The fraction of sp³-hybridized carbons (Fsp3) is 0.300. The maximum Gasteiger partial charge on any atom is 0.123 e. The summed E-state index contributed by atoms with van der Waals surface area (Å²) in [6, 6.07) is 16.5. The molecule has 0 bridgehead atoms. The summed E-state index contributed by atoms with van der Waals surface area (Å²) in [5, 5.41) is 10.1. The van der Waals surface area contributed by atoms with Crippen LogP contribution in [0, 0.1) is 18.2 Å². The Morgan fingerprint density at radius 1 is 1.08 bits per heavy atom. The topological polar surface area (TPSA) is 32.7 Å². The largest absolute Gasteiger partial charge is 0.389 e. The highest BCUT2D eigenvalue weighted by Gasteiger charge is 2.13. The first kappa shape index (κ1) is 18.2. The van der Waals surface area contributed by atoms with Gasteiger partial charge < -0.3 is 9.84 Å². The lowest BCUT2D eigenvalue weighted by molar-refractivity contribution is 0.0243. The van der Waals surface area contributed by atoms with Gasteiger partial charge in [0.2, 0.25) is 0 Å². The molecule has 2 aromatic rings. The summed E-state index contributed by atoms with van der Waals surface area (Å²) in [6.45, 7) is 1.97. The Morgan fingerprint density at radius 3 is 2.50 bits per heavy atom. The first-order chi connectivity index (χ1) is 11.7. The van der Waals surface area contributed by atoms with Gasteiger partial charge in [-0.3, -0.25) is 4.90 Å². The van der Waals surface area contributed by atoms with Crippen LogP contribution in [0.2, 0.25) is 0 Å². The zero-order valence-electron chi connectivity index (χ0n) is 13.6. The van der Waals surface area contributed by atoms with Crippen molar-refractivity contribution in [1.29, 1.82) is 0 Å². The molecular formula is C20H22FNO2. The van der Waals surface area contributed by atoms with Crippen LogP contribution in [0.1, 0.15) is 11.1 Å². The molecule has 0 aliphatic heterocycles. The number of terminal acetylenes is 1. The van der Waals surface area contributed by atoms with E-state index in [1.807, 2.05) is 36.4 Å². The van der Waals surface area contributed by atoms with Gasteiger partial charge in [-0.2, -0.15) is 0 Å². The van der Waals surface area contributed by atoms with Crippen molar-refractivity contribution in [2.45, 2.75) is 19.2 Å². The molecule has 1 N–H and O–H groups in total. The number of nitrogens with zero attached hydrogens (tertiary/aromatic N) is 1. The van der Waals surface area contributed by atoms with Crippen molar-refractivity contribution in [2.75, 3.05) is 19.8 Å². The lowest BCUT2D eigenvalue weighted by Gasteiger charge is -2.25. The Morgan fingerprint density at radius 2 is 1.79 bits per heavy atom. The minimum absolute atomic E-state index is 0.179. The van der Waals surface area contributed by atoms with Crippen LogP contribution in [-0.4, -0.2) is 35.9 Å². The molecule has 1 unspecified atom stereocenters. The van der Waals surface area contributed by atoms with Crippen molar-refractivity contribution in [1.82, 2.24) is 4.90 Å². The minimum Gasteiger partial charge on any atom is -0.389 e. The van der Waals surface area contributed by atoms with Crippen LogP contribution in [0.3, 0.4) is 0 Å². The standard InChI is InChI=1S/C20H22FNO2/c1-2-11-24-16-20(23)15-22(13-17-7-4-3-5-8-17)14-18-9-6-10-19(21)12-18/h1,3-10,12,20,23H,11,13-16H2. The number of halogens is 1. The van der Waals surface area contributed by atoms with E-state index in [2.05, 4.69) is 10.8 Å². The van der Waals surface area contributed by atoms with Crippen molar-refractivity contribution in [2.24, 2.45) is 0 Å². The Bertz CT molecular complexity index is 654. The summed E-state index contributed by atoms with van der Waals surface area (Å²) in [4.78, 5) is 2.06. The third-order valence-corrected chi connectivity index (χ3v) is 3.51. The number of benzene rings is 2. The first-order valence-corrected chi connectivity index (χ1v) is 7.87. The van der Waals surface area contributed by atoms with E-state index in [4.69, 9.17) is 11.2 Å². The highest BCUT2D eigenvalue weighted by molar-refractivity contribution is 5.18. The van der Waals surface area contributed by atoms with Gasteiger partial charge in [-0.05, 0) is 23.3 Å². The van der Waals surface area contributed by atoms with Crippen molar-refractivity contribution >= 4 is 0 Å². The normalized spacial score (nSPS) is 12.1. The molecular weight excluding hydrogens is 305 g/mol. The van der Waals surface area contributed by atoms with Gasteiger partial charge in [-0.1, -0.05) is 48.4 Å². The lowest BCUT2D eigenvalue weighted by Crippen LogP contribution is -2.34. The van der Waals surface area contributed by atoms with Crippen molar-refractivity contribution < 1.29 is 14.2 Å². The summed E-state index contributed by atoms with van der Waals surface area (Å²) in [5.41, 5.74) is 1.99. The lowest BCUT2D eigenvalue weighted by atomic mass is 10.1. The van der Waals surface area contributed by atoms with E-state index in [1.54, 1.807) is 6.07 Å². The fourth-order valence-corrected chi connectivity index (χ4v) is 2.52. The van der Waals surface area contributed by atoms with Crippen molar-refractivity contribution in [3.05, 3.63) is 71.5 Å². The summed E-state index contributed by atoms with van der Waals surface area (Å²) in [7, 11) is 0. The van der Waals surface area contributed by atoms with E-state index in [0.717, 1.165) is 11.1 Å². The Hall–Kier alpha value is -2.19. The Balaban J connectivity index is 2.01. The average Bonchev–Trinajstić information content (AvgIpc) is 2.56. The molecule has 0 saturated heterocycles.